The van der Waals surface area contributed by atoms with E-state index in [1.54, 1.807) is 0 Å². The summed E-state index contributed by atoms with van der Waals surface area (Å²) in [5, 5.41) is 8.55. The number of benzene rings is 1. The van der Waals surface area contributed by atoms with Gasteiger partial charge in [0.2, 0.25) is 0 Å². The molecule has 106 valence electrons. The number of carboxylic acids is 1. The second-order valence-corrected chi connectivity index (χ2v) is 6.08. The SMILES string of the molecule is CCC(C)(C)c1ccc(OCCCC(=O)O)c(Br)c1. The van der Waals surface area contributed by atoms with Gasteiger partial charge in [0.05, 0.1) is 11.1 Å². The number of aliphatic carboxylic acids is 1. The lowest BCUT2D eigenvalue weighted by Crippen LogP contribution is -2.15. The Hall–Kier alpha value is -1.03. The van der Waals surface area contributed by atoms with E-state index in [1.807, 2.05) is 6.07 Å². The van der Waals surface area contributed by atoms with Crippen molar-refractivity contribution < 1.29 is 14.6 Å². The number of ether oxygens (including phenoxy) is 1. The van der Waals surface area contributed by atoms with Gasteiger partial charge in [0, 0.05) is 6.42 Å². The Morgan fingerprint density at radius 1 is 1.42 bits per heavy atom. The summed E-state index contributed by atoms with van der Waals surface area (Å²) in [6.07, 6.45) is 1.72. The van der Waals surface area contributed by atoms with Crippen molar-refractivity contribution in [1.82, 2.24) is 0 Å². The maximum Gasteiger partial charge on any atom is 0.303 e. The van der Waals surface area contributed by atoms with E-state index in [2.05, 4.69) is 48.8 Å². The van der Waals surface area contributed by atoms with Gasteiger partial charge in [-0.25, -0.2) is 0 Å². The first kappa shape index (κ1) is 16.0. The molecule has 0 fully saturated rings. The standard InChI is InChI=1S/C15H21BrO3/c1-4-15(2,3)11-7-8-13(12(16)10-11)19-9-5-6-14(17)18/h7-8,10H,4-6,9H2,1-3H3,(H,17,18). The van der Waals surface area contributed by atoms with Gasteiger partial charge in [-0.3, -0.25) is 4.79 Å². The molecule has 0 aliphatic heterocycles. The third kappa shape index (κ3) is 4.86. The fraction of sp³-hybridized carbons (Fsp3) is 0.533. The lowest BCUT2D eigenvalue weighted by molar-refractivity contribution is -0.137. The number of hydrogen-bond acceptors (Lipinski definition) is 2. The highest BCUT2D eigenvalue weighted by atomic mass is 79.9. The molecule has 0 aromatic heterocycles. The van der Waals surface area contributed by atoms with Crippen LogP contribution < -0.4 is 4.74 Å². The number of carboxylic acid groups (broad SMARTS) is 1. The summed E-state index contributed by atoms with van der Waals surface area (Å²) in [4.78, 5) is 10.4. The van der Waals surface area contributed by atoms with Gasteiger partial charge in [-0.05, 0) is 51.9 Å². The van der Waals surface area contributed by atoms with Crippen molar-refractivity contribution in [3.63, 3.8) is 0 Å². The normalized spacial score (nSPS) is 11.4. The van der Waals surface area contributed by atoms with Crippen LogP contribution in [0.4, 0.5) is 0 Å². The molecule has 1 N–H and O–H groups in total. The van der Waals surface area contributed by atoms with Crippen molar-refractivity contribution in [2.45, 2.75) is 45.4 Å². The molecular formula is C15H21BrO3. The monoisotopic (exact) mass is 328 g/mol. The number of carbonyl (C=O) groups is 1. The van der Waals surface area contributed by atoms with Crippen LogP contribution in [0.15, 0.2) is 22.7 Å². The van der Waals surface area contributed by atoms with Gasteiger partial charge in [0.25, 0.3) is 0 Å². The van der Waals surface area contributed by atoms with Gasteiger partial charge in [0.15, 0.2) is 0 Å². The summed E-state index contributed by atoms with van der Waals surface area (Å²) in [5.74, 6) is -0.0243. The van der Waals surface area contributed by atoms with Crippen LogP contribution in [0, 0.1) is 0 Å². The van der Waals surface area contributed by atoms with E-state index < -0.39 is 5.97 Å². The van der Waals surface area contributed by atoms with Gasteiger partial charge in [0.1, 0.15) is 5.75 Å². The first-order chi connectivity index (χ1) is 8.86. The lowest BCUT2D eigenvalue weighted by atomic mass is 9.82. The van der Waals surface area contributed by atoms with E-state index in [4.69, 9.17) is 9.84 Å². The number of hydrogen-bond donors (Lipinski definition) is 1. The Bertz CT molecular complexity index is 441. The van der Waals surface area contributed by atoms with E-state index >= 15 is 0 Å². The van der Waals surface area contributed by atoms with Crippen LogP contribution in [0.3, 0.4) is 0 Å². The van der Waals surface area contributed by atoms with Crippen molar-refractivity contribution in [2.24, 2.45) is 0 Å². The molecule has 0 saturated heterocycles. The molecule has 3 nitrogen and oxygen atoms in total. The van der Waals surface area contributed by atoms with Crippen LogP contribution in [-0.4, -0.2) is 17.7 Å². The molecule has 0 amide bonds. The van der Waals surface area contributed by atoms with Gasteiger partial charge < -0.3 is 9.84 Å². The van der Waals surface area contributed by atoms with Crippen molar-refractivity contribution >= 4 is 21.9 Å². The fourth-order valence-corrected chi connectivity index (χ4v) is 2.14. The third-order valence-corrected chi connectivity index (χ3v) is 4.01. The molecule has 4 heteroatoms. The third-order valence-electron chi connectivity index (χ3n) is 3.39. The summed E-state index contributed by atoms with van der Waals surface area (Å²) < 4.78 is 6.50. The maximum absolute atomic E-state index is 10.4. The average Bonchev–Trinajstić information content (AvgIpc) is 2.35. The summed E-state index contributed by atoms with van der Waals surface area (Å²) in [7, 11) is 0. The molecule has 0 aliphatic rings. The van der Waals surface area contributed by atoms with Crippen LogP contribution in [0.25, 0.3) is 0 Å². The summed E-state index contributed by atoms with van der Waals surface area (Å²) >= 11 is 3.51. The summed E-state index contributed by atoms with van der Waals surface area (Å²) in [6.45, 7) is 7.01. The first-order valence-electron chi connectivity index (χ1n) is 6.51. The van der Waals surface area contributed by atoms with Gasteiger partial charge in [-0.2, -0.15) is 0 Å². The zero-order valence-corrected chi connectivity index (χ0v) is 13.3. The molecule has 0 aliphatic carbocycles. The van der Waals surface area contributed by atoms with Crippen LogP contribution in [0.5, 0.6) is 5.75 Å². The molecule has 1 rings (SSSR count). The summed E-state index contributed by atoms with van der Waals surface area (Å²) in [5.41, 5.74) is 1.41. The minimum atomic E-state index is -0.789. The summed E-state index contributed by atoms with van der Waals surface area (Å²) in [6, 6.07) is 6.09. The molecule has 1 aromatic rings. The molecular weight excluding hydrogens is 308 g/mol. The van der Waals surface area contributed by atoms with E-state index in [9.17, 15) is 4.79 Å². The molecule has 0 bridgehead atoms. The molecule has 0 atom stereocenters. The predicted octanol–water partition coefficient (Wildman–Crippen LogP) is 4.38. The van der Waals surface area contributed by atoms with Crippen LogP contribution >= 0.6 is 15.9 Å². The Balaban J connectivity index is 2.65. The zero-order valence-electron chi connectivity index (χ0n) is 11.7. The fourth-order valence-electron chi connectivity index (χ4n) is 1.65. The smallest absolute Gasteiger partial charge is 0.303 e. The van der Waals surface area contributed by atoms with Crippen molar-refractivity contribution in [3.8, 4) is 5.75 Å². The largest absolute Gasteiger partial charge is 0.492 e. The van der Waals surface area contributed by atoms with Crippen LogP contribution in [-0.2, 0) is 10.2 Å². The van der Waals surface area contributed by atoms with Crippen LogP contribution in [0.2, 0.25) is 0 Å². The quantitative estimate of drug-likeness (QED) is 0.755. The predicted molar refractivity (Wildman–Crippen MR) is 79.8 cm³/mol. The molecule has 1 aromatic carbocycles. The Morgan fingerprint density at radius 2 is 2.11 bits per heavy atom. The zero-order chi connectivity index (χ0) is 14.5. The Kier molecular flexibility index (Phi) is 5.85. The molecule has 0 spiro atoms. The highest BCUT2D eigenvalue weighted by molar-refractivity contribution is 9.10. The minimum Gasteiger partial charge on any atom is -0.492 e. The number of rotatable bonds is 7. The first-order valence-corrected chi connectivity index (χ1v) is 7.30. The molecule has 19 heavy (non-hydrogen) atoms. The van der Waals surface area contributed by atoms with E-state index in [-0.39, 0.29) is 11.8 Å². The maximum atomic E-state index is 10.4. The second kappa shape index (κ2) is 6.94. The number of halogens is 1. The van der Waals surface area contributed by atoms with Crippen molar-refractivity contribution in [2.75, 3.05) is 6.61 Å². The highest BCUT2D eigenvalue weighted by Gasteiger charge is 2.19. The van der Waals surface area contributed by atoms with Crippen LogP contribution in [0.1, 0.15) is 45.6 Å². The van der Waals surface area contributed by atoms with Gasteiger partial charge in [-0.15, -0.1) is 0 Å². The van der Waals surface area contributed by atoms with E-state index in [1.165, 1.54) is 5.56 Å². The van der Waals surface area contributed by atoms with E-state index in [0.717, 1.165) is 16.6 Å². The van der Waals surface area contributed by atoms with E-state index in [0.29, 0.717) is 13.0 Å². The molecule has 0 saturated carbocycles. The molecule has 0 radical (unpaired) electrons. The molecule has 0 heterocycles. The van der Waals surface area contributed by atoms with Crippen molar-refractivity contribution in [1.29, 1.82) is 0 Å². The second-order valence-electron chi connectivity index (χ2n) is 5.23. The Labute approximate surface area is 123 Å². The van der Waals surface area contributed by atoms with Crippen molar-refractivity contribution in [3.05, 3.63) is 28.2 Å². The van der Waals surface area contributed by atoms with Gasteiger partial charge in [-0.1, -0.05) is 26.8 Å². The van der Waals surface area contributed by atoms with Gasteiger partial charge >= 0.3 is 5.97 Å². The Morgan fingerprint density at radius 3 is 2.63 bits per heavy atom. The lowest BCUT2D eigenvalue weighted by Gasteiger charge is -2.24. The minimum absolute atomic E-state index is 0.137. The average molecular weight is 329 g/mol. The topological polar surface area (TPSA) is 46.5 Å². The molecule has 0 unspecified atom stereocenters. The highest BCUT2D eigenvalue weighted by Crippen LogP contribution is 2.33.